The molecule has 0 fully saturated rings. The zero-order valence-electron chi connectivity index (χ0n) is 18.0. The smallest absolute Gasteiger partial charge is 0.337 e. The van der Waals surface area contributed by atoms with Gasteiger partial charge in [0.15, 0.2) is 5.76 Å². The molecule has 0 unspecified atom stereocenters. The van der Waals surface area contributed by atoms with E-state index in [1.165, 1.54) is 48.4 Å². The number of esters is 1. The van der Waals surface area contributed by atoms with Crippen LogP contribution in [-0.2, 0) is 25.9 Å². The highest BCUT2D eigenvalue weighted by Crippen LogP contribution is 2.43. The van der Waals surface area contributed by atoms with Crippen LogP contribution in [0.15, 0.2) is 94.4 Å². The highest BCUT2D eigenvalue weighted by atomic mass is 35.5. The van der Waals surface area contributed by atoms with Crippen molar-refractivity contribution >= 4 is 33.3 Å². The molecule has 0 saturated carbocycles. The summed E-state index contributed by atoms with van der Waals surface area (Å²) >= 11 is 5.96. The third kappa shape index (κ3) is 4.30. The van der Waals surface area contributed by atoms with Crippen LogP contribution in [0.5, 0.6) is 0 Å². The molecule has 0 aromatic heterocycles. The van der Waals surface area contributed by atoms with Crippen LogP contribution < -0.4 is 0 Å². The second kappa shape index (κ2) is 9.32. The molecule has 1 N–H and O–H groups in total. The topological polar surface area (TPSA) is 101 Å². The molecule has 7 nitrogen and oxygen atoms in total. The fourth-order valence-corrected chi connectivity index (χ4v) is 5.63. The number of nitrogens with zero attached hydrogens (tertiary/aromatic N) is 1. The standard InChI is InChI=1S/C25H20ClNO6S/c1-33-25(30)18-11-9-17(10-12-18)21-23(34(31,32)20-5-3-2-4-6-20)22(28)24(29)27(21)15-16-7-13-19(26)14-8-16/h2-14,21,28H,15H2,1H3/t21-/m1/s1. The van der Waals surface area contributed by atoms with Crippen molar-refractivity contribution in [3.05, 3.63) is 111 Å². The lowest BCUT2D eigenvalue weighted by molar-refractivity contribution is -0.130. The molecule has 0 saturated heterocycles. The van der Waals surface area contributed by atoms with Gasteiger partial charge in [0.1, 0.15) is 4.91 Å². The highest BCUT2D eigenvalue weighted by Gasteiger charge is 2.46. The van der Waals surface area contributed by atoms with Gasteiger partial charge in [-0.15, -0.1) is 0 Å². The van der Waals surface area contributed by atoms with Crippen LogP contribution in [0.3, 0.4) is 0 Å². The Morgan fingerprint density at radius 1 is 1.00 bits per heavy atom. The van der Waals surface area contributed by atoms with Gasteiger partial charge in [0.05, 0.1) is 23.6 Å². The lowest BCUT2D eigenvalue weighted by Gasteiger charge is -2.27. The van der Waals surface area contributed by atoms with Gasteiger partial charge in [0, 0.05) is 11.6 Å². The van der Waals surface area contributed by atoms with Crippen molar-refractivity contribution in [2.24, 2.45) is 0 Å². The van der Waals surface area contributed by atoms with Gasteiger partial charge in [-0.3, -0.25) is 4.79 Å². The largest absolute Gasteiger partial charge is 0.502 e. The minimum atomic E-state index is -4.23. The Labute approximate surface area is 201 Å². The molecule has 0 radical (unpaired) electrons. The van der Waals surface area contributed by atoms with Crippen molar-refractivity contribution in [3.8, 4) is 0 Å². The van der Waals surface area contributed by atoms with E-state index in [9.17, 15) is 23.1 Å². The van der Waals surface area contributed by atoms with Crippen molar-refractivity contribution < 1.29 is 27.9 Å². The molecular formula is C25H20ClNO6S. The summed E-state index contributed by atoms with van der Waals surface area (Å²) in [5.74, 6) is -2.20. The Balaban J connectivity index is 1.84. The summed E-state index contributed by atoms with van der Waals surface area (Å²) < 4.78 is 31.8. The van der Waals surface area contributed by atoms with Gasteiger partial charge in [-0.25, -0.2) is 13.2 Å². The maximum absolute atomic E-state index is 13.5. The van der Waals surface area contributed by atoms with Gasteiger partial charge in [-0.2, -0.15) is 0 Å². The fourth-order valence-electron chi connectivity index (χ4n) is 3.83. The Bertz CT molecular complexity index is 1370. The zero-order valence-corrected chi connectivity index (χ0v) is 19.6. The molecule has 0 bridgehead atoms. The molecule has 1 aliphatic heterocycles. The molecule has 3 aromatic rings. The van der Waals surface area contributed by atoms with Gasteiger partial charge >= 0.3 is 5.97 Å². The molecule has 1 aliphatic rings. The maximum Gasteiger partial charge on any atom is 0.337 e. The normalized spacial score (nSPS) is 16.1. The number of benzene rings is 3. The molecule has 0 aliphatic carbocycles. The summed E-state index contributed by atoms with van der Waals surface area (Å²) in [7, 11) is -2.97. The number of aliphatic hydroxyl groups excluding tert-OH is 1. The second-order valence-electron chi connectivity index (χ2n) is 7.60. The summed E-state index contributed by atoms with van der Waals surface area (Å²) in [5.41, 5.74) is 1.37. The monoisotopic (exact) mass is 497 g/mol. The molecule has 3 aromatic carbocycles. The van der Waals surface area contributed by atoms with E-state index in [4.69, 9.17) is 16.3 Å². The SMILES string of the molecule is COC(=O)c1ccc([C@@H]2C(S(=O)(=O)c3ccccc3)=C(O)C(=O)N2Cc2ccc(Cl)cc2)cc1. The second-order valence-corrected chi connectivity index (χ2v) is 9.96. The number of halogens is 1. The first-order valence-electron chi connectivity index (χ1n) is 10.2. The number of aliphatic hydroxyl groups is 1. The average Bonchev–Trinajstić information content (AvgIpc) is 3.11. The molecule has 1 amide bonds. The van der Waals surface area contributed by atoms with Crippen molar-refractivity contribution in [2.75, 3.05) is 7.11 Å². The quantitative estimate of drug-likeness (QED) is 0.505. The molecule has 1 atom stereocenters. The molecule has 34 heavy (non-hydrogen) atoms. The number of rotatable bonds is 6. The number of hydrogen-bond donors (Lipinski definition) is 1. The Kier molecular flexibility index (Phi) is 6.45. The van der Waals surface area contributed by atoms with Gasteiger partial charge in [-0.05, 0) is 47.5 Å². The van der Waals surface area contributed by atoms with Crippen molar-refractivity contribution in [2.45, 2.75) is 17.5 Å². The summed E-state index contributed by atoms with van der Waals surface area (Å²) in [6.07, 6.45) is 0. The number of carbonyl (C=O) groups excluding carboxylic acids is 2. The predicted octanol–water partition coefficient (Wildman–Crippen LogP) is 4.45. The van der Waals surface area contributed by atoms with Crippen LogP contribution >= 0.6 is 11.6 Å². The van der Waals surface area contributed by atoms with Gasteiger partial charge in [0.2, 0.25) is 9.84 Å². The summed E-state index contributed by atoms with van der Waals surface area (Å²) in [4.78, 5) is 25.8. The van der Waals surface area contributed by atoms with E-state index < -0.39 is 38.4 Å². The molecule has 174 valence electrons. The molecule has 4 rings (SSSR count). The van der Waals surface area contributed by atoms with Gasteiger partial charge in [0.25, 0.3) is 5.91 Å². The predicted molar refractivity (Wildman–Crippen MR) is 126 cm³/mol. The number of ether oxygens (including phenoxy) is 1. The zero-order chi connectivity index (χ0) is 24.5. The lowest BCUT2D eigenvalue weighted by Crippen LogP contribution is -2.30. The number of sulfone groups is 1. The van der Waals surface area contributed by atoms with E-state index in [1.54, 1.807) is 42.5 Å². The minimum absolute atomic E-state index is 0.0251. The molecule has 1 heterocycles. The van der Waals surface area contributed by atoms with E-state index in [1.807, 2.05) is 0 Å². The number of amides is 1. The number of hydrogen-bond acceptors (Lipinski definition) is 6. The van der Waals surface area contributed by atoms with Crippen LogP contribution in [0.2, 0.25) is 5.02 Å². The first-order valence-corrected chi connectivity index (χ1v) is 12.1. The van der Waals surface area contributed by atoms with Gasteiger partial charge in [-0.1, -0.05) is 54.1 Å². The average molecular weight is 498 g/mol. The highest BCUT2D eigenvalue weighted by molar-refractivity contribution is 7.95. The van der Waals surface area contributed by atoms with E-state index in [2.05, 4.69) is 0 Å². The van der Waals surface area contributed by atoms with Crippen LogP contribution in [-0.4, -0.2) is 37.4 Å². The van der Waals surface area contributed by atoms with E-state index in [-0.39, 0.29) is 17.0 Å². The molecular weight excluding hydrogens is 478 g/mol. The Hall–Kier alpha value is -3.62. The van der Waals surface area contributed by atoms with Crippen LogP contribution in [0.25, 0.3) is 0 Å². The van der Waals surface area contributed by atoms with Crippen LogP contribution in [0.1, 0.15) is 27.5 Å². The van der Waals surface area contributed by atoms with E-state index in [0.29, 0.717) is 16.1 Å². The molecule has 9 heteroatoms. The van der Waals surface area contributed by atoms with Crippen LogP contribution in [0.4, 0.5) is 0 Å². The van der Waals surface area contributed by atoms with Gasteiger partial charge < -0.3 is 14.7 Å². The summed E-state index contributed by atoms with van der Waals surface area (Å²) in [6.45, 7) is 0.0251. The van der Waals surface area contributed by atoms with E-state index >= 15 is 0 Å². The molecule has 0 spiro atoms. The Morgan fingerprint density at radius 3 is 2.21 bits per heavy atom. The number of methoxy groups -OCH3 is 1. The van der Waals surface area contributed by atoms with Crippen molar-refractivity contribution in [3.63, 3.8) is 0 Å². The van der Waals surface area contributed by atoms with E-state index in [0.717, 1.165) is 0 Å². The lowest BCUT2D eigenvalue weighted by atomic mass is 10.0. The van der Waals surface area contributed by atoms with Crippen molar-refractivity contribution in [1.82, 2.24) is 4.90 Å². The summed E-state index contributed by atoms with van der Waals surface area (Å²) in [6, 6.07) is 19.3. The summed E-state index contributed by atoms with van der Waals surface area (Å²) in [5, 5.41) is 11.3. The Morgan fingerprint density at radius 2 is 1.62 bits per heavy atom. The first-order chi connectivity index (χ1) is 16.2. The first kappa shape index (κ1) is 23.5. The maximum atomic E-state index is 13.5. The van der Waals surface area contributed by atoms with Crippen LogP contribution in [0, 0.1) is 0 Å². The third-order valence-corrected chi connectivity index (χ3v) is 7.65. The fraction of sp³-hybridized carbons (Fsp3) is 0.120. The third-order valence-electron chi connectivity index (χ3n) is 5.51. The minimum Gasteiger partial charge on any atom is -0.502 e. The number of carbonyl (C=O) groups is 2. The van der Waals surface area contributed by atoms with Crippen molar-refractivity contribution in [1.29, 1.82) is 0 Å².